The van der Waals surface area contributed by atoms with Crippen LogP contribution >= 0.6 is 22.6 Å². The number of aromatic nitrogens is 1. The van der Waals surface area contributed by atoms with Crippen molar-refractivity contribution in [3.63, 3.8) is 0 Å². The minimum Gasteiger partial charge on any atom is -0.200 e. The molecule has 0 bridgehead atoms. The second-order valence-electron chi connectivity index (χ2n) is 3.66. The van der Waals surface area contributed by atoms with Crippen molar-refractivity contribution in [1.29, 1.82) is 0 Å². The molecule has 0 aliphatic heterocycles. The largest absolute Gasteiger partial charge is 0.212 e. The van der Waals surface area contributed by atoms with Crippen molar-refractivity contribution in [3.8, 4) is 11.3 Å². The molecule has 0 saturated heterocycles. The zero-order valence-electron chi connectivity index (χ0n) is 8.87. The summed E-state index contributed by atoms with van der Waals surface area (Å²) in [6.45, 7) is 2.15. The Bertz CT molecular complexity index is 492. The average molecular weight is 310 g/mol. The summed E-state index contributed by atoms with van der Waals surface area (Å²) in [5.41, 5.74) is 3.87. The topological polar surface area (TPSA) is 3.88 Å². The third-order valence-corrected chi connectivity index (χ3v) is 3.16. The van der Waals surface area contributed by atoms with Crippen molar-refractivity contribution in [3.05, 3.63) is 51.7 Å². The maximum absolute atomic E-state index is 2.33. The molecule has 0 unspecified atom stereocenters. The van der Waals surface area contributed by atoms with Gasteiger partial charge in [0, 0.05) is 11.6 Å². The summed E-state index contributed by atoms with van der Waals surface area (Å²) in [6, 6.07) is 12.8. The Hall–Kier alpha value is -0.900. The van der Waals surface area contributed by atoms with Crippen molar-refractivity contribution in [2.75, 3.05) is 0 Å². The Morgan fingerprint density at radius 3 is 2.47 bits per heavy atom. The summed E-state index contributed by atoms with van der Waals surface area (Å²) in [5, 5.41) is 0. The quantitative estimate of drug-likeness (QED) is 0.563. The first-order chi connectivity index (χ1) is 7.18. The van der Waals surface area contributed by atoms with Crippen molar-refractivity contribution < 1.29 is 4.57 Å². The molecule has 2 aromatic rings. The molecule has 15 heavy (non-hydrogen) atoms. The molecule has 0 N–H and O–H groups in total. The van der Waals surface area contributed by atoms with Gasteiger partial charge in [-0.2, -0.15) is 4.57 Å². The smallest absolute Gasteiger partial charge is 0.200 e. The molecule has 76 valence electrons. The van der Waals surface area contributed by atoms with E-state index < -0.39 is 0 Å². The van der Waals surface area contributed by atoms with E-state index in [0.717, 1.165) is 0 Å². The van der Waals surface area contributed by atoms with E-state index in [9.17, 15) is 0 Å². The van der Waals surface area contributed by atoms with E-state index in [1.54, 1.807) is 0 Å². The Morgan fingerprint density at radius 1 is 1.07 bits per heavy atom. The van der Waals surface area contributed by atoms with E-state index in [1.165, 1.54) is 20.4 Å². The Kier molecular flexibility index (Phi) is 3.05. The molecule has 0 spiro atoms. The lowest BCUT2D eigenvalue weighted by Crippen LogP contribution is -2.31. The molecule has 0 radical (unpaired) electrons. The Labute approximate surface area is 104 Å². The highest BCUT2D eigenvalue weighted by molar-refractivity contribution is 14.1. The van der Waals surface area contributed by atoms with Crippen LogP contribution in [0.2, 0.25) is 0 Å². The zero-order chi connectivity index (χ0) is 10.8. The molecule has 0 amide bonds. The van der Waals surface area contributed by atoms with Crippen LogP contribution in [0.25, 0.3) is 11.3 Å². The van der Waals surface area contributed by atoms with E-state index in [2.05, 4.69) is 83.7 Å². The monoisotopic (exact) mass is 310 g/mol. The number of rotatable bonds is 1. The minimum absolute atomic E-state index is 1.26. The van der Waals surface area contributed by atoms with Gasteiger partial charge in [0.2, 0.25) is 5.69 Å². The van der Waals surface area contributed by atoms with E-state index in [-0.39, 0.29) is 0 Å². The van der Waals surface area contributed by atoms with Crippen molar-refractivity contribution >= 4 is 22.6 Å². The van der Waals surface area contributed by atoms with Gasteiger partial charge in [0.25, 0.3) is 0 Å². The predicted octanol–water partition coefficient (Wildman–Crippen LogP) is 3.09. The van der Waals surface area contributed by atoms with Gasteiger partial charge in [0.15, 0.2) is 6.20 Å². The van der Waals surface area contributed by atoms with Crippen LogP contribution in [-0.4, -0.2) is 0 Å². The summed E-state index contributed by atoms with van der Waals surface area (Å²) in [5.74, 6) is 0. The molecule has 0 aliphatic carbocycles. The molecule has 0 saturated carbocycles. The van der Waals surface area contributed by atoms with E-state index in [1.807, 2.05) is 0 Å². The maximum atomic E-state index is 2.33. The predicted molar refractivity (Wildman–Crippen MR) is 70.5 cm³/mol. The number of halogens is 1. The second kappa shape index (κ2) is 4.31. The normalized spacial score (nSPS) is 10.3. The van der Waals surface area contributed by atoms with Crippen LogP contribution in [0.15, 0.2) is 42.6 Å². The number of pyridine rings is 1. The van der Waals surface area contributed by atoms with E-state index in [0.29, 0.717) is 0 Å². The van der Waals surface area contributed by atoms with Gasteiger partial charge in [-0.3, -0.25) is 0 Å². The first-order valence-corrected chi connectivity index (χ1v) is 5.97. The fourth-order valence-electron chi connectivity index (χ4n) is 1.71. The Balaban J connectivity index is 2.60. The van der Waals surface area contributed by atoms with Gasteiger partial charge in [-0.15, -0.1) is 0 Å². The summed E-state index contributed by atoms with van der Waals surface area (Å²) < 4.78 is 3.43. The lowest BCUT2D eigenvalue weighted by Gasteiger charge is -2.03. The summed E-state index contributed by atoms with van der Waals surface area (Å²) in [6.07, 6.45) is 2.14. The van der Waals surface area contributed by atoms with Crippen LogP contribution in [0.5, 0.6) is 0 Å². The molecular formula is C13H13IN+. The van der Waals surface area contributed by atoms with Crippen LogP contribution in [0, 0.1) is 10.5 Å². The molecular weight excluding hydrogens is 297 g/mol. The Morgan fingerprint density at radius 2 is 1.80 bits per heavy atom. The molecule has 2 rings (SSSR count). The molecule has 0 aliphatic rings. The third-order valence-electron chi connectivity index (χ3n) is 2.52. The first-order valence-electron chi connectivity index (χ1n) is 4.89. The number of benzene rings is 1. The number of aryl methyl sites for hydroxylation is 2. The number of hydrogen-bond acceptors (Lipinski definition) is 0. The minimum atomic E-state index is 1.26. The molecule has 1 nitrogen and oxygen atoms in total. The van der Waals surface area contributed by atoms with Crippen molar-refractivity contribution in [2.24, 2.45) is 7.05 Å². The molecule has 1 heterocycles. The molecule has 2 heteroatoms. The van der Waals surface area contributed by atoms with Crippen molar-refractivity contribution in [1.82, 2.24) is 0 Å². The van der Waals surface area contributed by atoms with Gasteiger partial charge >= 0.3 is 0 Å². The fraction of sp³-hybridized carbons (Fsp3) is 0.154. The fourth-order valence-corrected chi connectivity index (χ4v) is 2.31. The second-order valence-corrected chi connectivity index (χ2v) is 4.90. The molecule has 1 aromatic heterocycles. The van der Waals surface area contributed by atoms with Crippen LogP contribution in [-0.2, 0) is 7.05 Å². The average Bonchev–Trinajstić information content (AvgIpc) is 2.20. The van der Waals surface area contributed by atoms with Crippen LogP contribution in [0.4, 0.5) is 0 Å². The van der Waals surface area contributed by atoms with Crippen LogP contribution in [0.1, 0.15) is 5.56 Å². The summed E-state index contributed by atoms with van der Waals surface area (Å²) in [7, 11) is 2.09. The lowest BCUT2D eigenvalue weighted by molar-refractivity contribution is -0.661. The van der Waals surface area contributed by atoms with Gasteiger partial charge in [-0.25, -0.2) is 0 Å². The summed E-state index contributed by atoms with van der Waals surface area (Å²) in [4.78, 5) is 0. The maximum Gasteiger partial charge on any atom is 0.212 e. The third kappa shape index (κ3) is 2.20. The highest BCUT2D eigenvalue weighted by Gasteiger charge is 2.11. The SMILES string of the molecule is Cc1ccccc1-c1ccc(I)c[n+]1C. The van der Waals surface area contributed by atoms with Gasteiger partial charge in [0.05, 0.1) is 3.57 Å². The number of hydrogen-bond donors (Lipinski definition) is 0. The first kappa shape index (κ1) is 10.6. The van der Waals surface area contributed by atoms with E-state index >= 15 is 0 Å². The van der Waals surface area contributed by atoms with Gasteiger partial charge in [-0.1, -0.05) is 18.2 Å². The molecule has 0 atom stereocenters. The zero-order valence-corrected chi connectivity index (χ0v) is 11.0. The molecule has 1 aromatic carbocycles. The number of nitrogens with zero attached hydrogens (tertiary/aromatic N) is 1. The van der Waals surface area contributed by atoms with Crippen molar-refractivity contribution in [2.45, 2.75) is 6.92 Å². The molecule has 0 fully saturated rings. The highest BCUT2D eigenvalue weighted by atomic mass is 127. The van der Waals surface area contributed by atoms with Crippen LogP contribution in [0.3, 0.4) is 0 Å². The van der Waals surface area contributed by atoms with Gasteiger partial charge < -0.3 is 0 Å². The van der Waals surface area contributed by atoms with Crippen LogP contribution < -0.4 is 4.57 Å². The van der Waals surface area contributed by atoms with Gasteiger partial charge in [0.1, 0.15) is 7.05 Å². The lowest BCUT2D eigenvalue weighted by atomic mass is 10.1. The summed E-state index contributed by atoms with van der Waals surface area (Å²) >= 11 is 2.33. The van der Waals surface area contributed by atoms with Gasteiger partial charge in [-0.05, 0) is 47.2 Å². The van der Waals surface area contributed by atoms with E-state index in [4.69, 9.17) is 0 Å². The standard InChI is InChI=1S/C13H13IN/c1-10-5-3-4-6-12(10)13-8-7-11(14)9-15(13)2/h3-9H,1-2H3/q+1. The highest BCUT2D eigenvalue weighted by Crippen LogP contribution is 2.19.